The number of nitrogens with zero attached hydrogens (tertiary/aromatic N) is 4. The lowest BCUT2D eigenvalue weighted by Crippen LogP contribution is -2.42. The molecule has 1 aliphatic rings. The first-order valence-electron chi connectivity index (χ1n) is 9.28. The summed E-state index contributed by atoms with van der Waals surface area (Å²) in [6.07, 6.45) is -1.26. The van der Waals surface area contributed by atoms with E-state index in [9.17, 15) is 18.0 Å². The van der Waals surface area contributed by atoms with E-state index in [-0.39, 0.29) is 24.2 Å². The van der Waals surface area contributed by atoms with Gasteiger partial charge in [0.2, 0.25) is 0 Å². The van der Waals surface area contributed by atoms with Gasteiger partial charge in [0.25, 0.3) is 5.91 Å². The summed E-state index contributed by atoms with van der Waals surface area (Å²) < 4.78 is 46.2. The zero-order valence-corrected chi connectivity index (χ0v) is 16.6. The number of ether oxygens (including phenoxy) is 1. The molecule has 30 heavy (non-hydrogen) atoms. The summed E-state index contributed by atoms with van der Waals surface area (Å²) in [6.45, 7) is 4.03. The molecule has 0 unspecified atom stereocenters. The van der Waals surface area contributed by atoms with E-state index in [2.05, 4.69) is 10.1 Å². The Balaban J connectivity index is 1.78. The third-order valence-corrected chi connectivity index (χ3v) is 5.12. The van der Waals surface area contributed by atoms with Crippen LogP contribution in [0.5, 0.6) is 5.75 Å². The van der Waals surface area contributed by atoms with Crippen molar-refractivity contribution in [3.63, 3.8) is 0 Å². The normalized spacial score (nSPS) is 16.5. The van der Waals surface area contributed by atoms with Gasteiger partial charge in [-0.15, -0.1) is 0 Å². The third-order valence-electron chi connectivity index (χ3n) is 5.12. The van der Waals surface area contributed by atoms with Crippen molar-refractivity contribution in [3.05, 3.63) is 59.7 Å². The van der Waals surface area contributed by atoms with Gasteiger partial charge in [-0.05, 0) is 43.7 Å². The number of aromatic nitrogens is 3. The molecule has 0 saturated carbocycles. The molecule has 6 nitrogen and oxygen atoms in total. The highest BCUT2D eigenvalue weighted by atomic mass is 19.4. The van der Waals surface area contributed by atoms with Crippen molar-refractivity contribution in [1.29, 1.82) is 0 Å². The number of benzene rings is 1. The Hall–Kier alpha value is -3.36. The maximum Gasteiger partial charge on any atom is 0.419 e. The molecule has 156 valence electrons. The quantitative estimate of drug-likeness (QED) is 0.631. The van der Waals surface area contributed by atoms with Crippen LogP contribution < -0.4 is 9.64 Å². The highest BCUT2D eigenvalue weighted by molar-refractivity contribution is 6.09. The number of carbonyl (C=O) groups is 1. The fourth-order valence-corrected chi connectivity index (χ4v) is 3.69. The minimum atomic E-state index is -4.55. The molecule has 0 spiro atoms. The first kappa shape index (κ1) is 19.9. The molecule has 2 aromatic heterocycles. The van der Waals surface area contributed by atoms with Crippen molar-refractivity contribution in [3.8, 4) is 16.9 Å². The molecule has 4 rings (SSSR count). The van der Waals surface area contributed by atoms with Crippen LogP contribution in [0.3, 0.4) is 0 Å². The predicted molar refractivity (Wildman–Crippen MR) is 105 cm³/mol. The van der Waals surface area contributed by atoms with Crippen LogP contribution >= 0.6 is 0 Å². The summed E-state index contributed by atoms with van der Waals surface area (Å²) in [7, 11) is 1.17. The first-order chi connectivity index (χ1) is 14.2. The Morgan fingerprint density at radius 1 is 1.20 bits per heavy atom. The fraction of sp³-hybridized carbons (Fsp3) is 0.286. The molecule has 0 bridgehead atoms. The Morgan fingerprint density at radius 2 is 1.97 bits per heavy atom. The lowest BCUT2D eigenvalue weighted by molar-refractivity contribution is -0.138. The number of methoxy groups -OCH3 is 1. The van der Waals surface area contributed by atoms with Gasteiger partial charge >= 0.3 is 6.18 Å². The minimum Gasteiger partial charge on any atom is -0.496 e. The van der Waals surface area contributed by atoms with E-state index in [0.29, 0.717) is 16.9 Å². The number of hydrogen-bond donors (Lipinski definition) is 0. The summed E-state index contributed by atoms with van der Waals surface area (Å²) in [6, 6.07) is 6.96. The Bertz CT molecular complexity index is 1120. The van der Waals surface area contributed by atoms with E-state index in [0.717, 1.165) is 17.3 Å². The largest absolute Gasteiger partial charge is 0.496 e. The standard InChI is InChI=1S/C21H19F3N4O2/c1-12-8-14(6-7-25-12)16-10-26-28-13(2)11-27(20(29)19(16)28)15-4-5-17(21(22,23)24)18(9-15)30-3/h4-10,13H,11H2,1-3H3/t13-/m0/s1. The fourth-order valence-electron chi connectivity index (χ4n) is 3.69. The van der Waals surface area contributed by atoms with Crippen LogP contribution in [0.1, 0.15) is 34.7 Å². The summed E-state index contributed by atoms with van der Waals surface area (Å²) >= 11 is 0. The number of fused-ring (bicyclic) bond motifs is 1. The highest BCUT2D eigenvalue weighted by Crippen LogP contribution is 2.40. The smallest absolute Gasteiger partial charge is 0.419 e. The van der Waals surface area contributed by atoms with Crippen molar-refractivity contribution < 1.29 is 22.7 Å². The second-order valence-corrected chi connectivity index (χ2v) is 7.18. The van der Waals surface area contributed by atoms with Crippen LogP contribution in [0, 0.1) is 6.92 Å². The molecule has 1 amide bonds. The molecule has 0 radical (unpaired) electrons. The number of pyridine rings is 1. The number of rotatable bonds is 3. The van der Waals surface area contributed by atoms with Gasteiger partial charge in [0.15, 0.2) is 0 Å². The van der Waals surface area contributed by atoms with Crippen molar-refractivity contribution in [2.24, 2.45) is 0 Å². The molecule has 9 heteroatoms. The molecular weight excluding hydrogens is 397 g/mol. The predicted octanol–water partition coefficient (Wildman–Crippen LogP) is 4.50. The van der Waals surface area contributed by atoms with E-state index in [1.807, 2.05) is 19.9 Å². The minimum absolute atomic E-state index is 0.164. The summed E-state index contributed by atoms with van der Waals surface area (Å²) in [4.78, 5) is 19.0. The van der Waals surface area contributed by atoms with Crippen LogP contribution in [0.25, 0.3) is 11.1 Å². The number of halogens is 3. The number of anilines is 1. The van der Waals surface area contributed by atoms with Crippen molar-refractivity contribution >= 4 is 11.6 Å². The van der Waals surface area contributed by atoms with Gasteiger partial charge in [0, 0.05) is 35.8 Å². The van der Waals surface area contributed by atoms with Crippen molar-refractivity contribution in [2.75, 3.05) is 18.6 Å². The summed E-state index contributed by atoms with van der Waals surface area (Å²) in [5.41, 5.74) is 2.09. The molecule has 0 fully saturated rings. The lowest BCUT2D eigenvalue weighted by Gasteiger charge is -2.32. The van der Waals surface area contributed by atoms with Crippen LogP contribution in [-0.2, 0) is 6.18 Å². The number of hydrogen-bond acceptors (Lipinski definition) is 4. The molecule has 0 saturated heterocycles. The molecule has 0 N–H and O–H groups in total. The molecule has 1 aliphatic heterocycles. The summed E-state index contributed by atoms with van der Waals surface area (Å²) in [5, 5.41) is 4.38. The van der Waals surface area contributed by atoms with Crippen LogP contribution in [0.15, 0.2) is 42.7 Å². The van der Waals surface area contributed by atoms with E-state index in [4.69, 9.17) is 4.74 Å². The first-order valence-corrected chi connectivity index (χ1v) is 9.28. The van der Waals surface area contributed by atoms with E-state index < -0.39 is 11.7 Å². The maximum atomic E-state index is 13.4. The molecular formula is C21H19F3N4O2. The average molecular weight is 416 g/mol. The zero-order valence-electron chi connectivity index (χ0n) is 16.6. The van der Waals surface area contributed by atoms with Crippen LogP contribution in [-0.4, -0.2) is 34.3 Å². The van der Waals surface area contributed by atoms with Gasteiger partial charge in [-0.1, -0.05) is 0 Å². The van der Waals surface area contributed by atoms with Crippen molar-refractivity contribution in [2.45, 2.75) is 26.1 Å². The number of carbonyl (C=O) groups excluding carboxylic acids is 1. The number of aryl methyl sites for hydroxylation is 1. The number of alkyl halides is 3. The average Bonchev–Trinajstić information content (AvgIpc) is 3.15. The molecule has 3 heterocycles. The van der Waals surface area contributed by atoms with Gasteiger partial charge in [0.1, 0.15) is 11.4 Å². The van der Waals surface area contributed by atoms with E-state index >= 15 is 0 Å². The number of amides is 1. The van der Waals surface area contributed by atoms with Gasteiger partial charge < -0.3 is 9.64 Å². The molecule has 1 aromatic carbocycles. The maximum absolute atomic E-state index is 13.4. The molecule has 0 aliphatic carbocycles. The SMILES string of the molecule is COc1cc(N2C[C@H](C)n3ncc(-c4ccnc(C)c4)c3C2=O)ccc1C(F)(F)F. The Kier molecular flexibility index (Phi) is 4.76. The third kappa shape index (κ3) is 3.30. The summed E-state index contributed by atoms with van der Waals surface area (Å²) in [5.74, 6) is -0.665. The molecule has 3 aromatic rings. The van der Waals surface area contributed by atoms with Crippen LogP contribution in [0.4, 0.5) is 18.9 Å². The second-order valence-electron chi connectivity index (χ2n) is 7.18. The second kappa shape index (κ2) is 7.16. The van der Waals surface area contributed by atoms with Gasteiger partial charge in [-0.2, -0.15) is 18.3 Å². The topological polar surface area (TPSA) is 60.2 Å². The van der Waals surface area contributed by atoms with Gasteiger partial charge in [-0.25, -0.2) is 0 Å². The zero-order chi connectivity index (χ0) is 21.6. The molecule has 1 atom stereocenters. The monoisotopic (exact) mass is 416 g/mol. The van der Waals surface area contributed by atoms with E-state index in [1.54, 1.807) is 23.1 Å². The highest BCUT2D eigenvalue weighted by Gasteiger charge is 2.37. The Labute approximate surface area is 170 Å². The van der Waals surface area contributed by atoms with Gasteiger partial charge in [-0.3, -0.25) is 14.5 Å². The van der Waals surface area contributed by atoms with E-state index in [1.165, 1.54) is 24.1 Å². The Morgan fingerprint density at radius 3 is 2.63 bits per heavy atom. The lowest BCUT2D eigenvalue weighted by atomic mass is 10.0. The van der Waals surface area contributed by atoms with Gasteiger partial charge in [0.05, 0.1) is 24.9 Å². The van der Waals surface area contributed by atoms with Crippen molar-refractivity contribution in [1.82, 2.24) is 14.8 Å². The van der Waals surface area contributed by atoms with Crippen LogP contribution in [0.2, 0.25) is 0 Å².